The van der Waals surface area contributed by atoms with Gasteiger partial charge in [-0.15, -0.1) is 0 Å². The van der Waals surface area contributed by atoms with Gasteiger partial charge in [0.05, 0.1) is 34.9 Å². The van der Waals surface area contributed by atoms with E-state index in [0.717, 1.165) is 28.9 Å². The molecule has 0 fully saturated rings. The fourth-order valence-corrected chi connectivity index (χ4v) is 3.89. The summed E-state index contributed by atoms with van der Waals surface area (Å²) in [7, 11) is 0. The molecule has 166 valence electrons. The second-order valence-corrected chi connectivity index (χ2v) is 7.83. The summed E-state index contributed by atoms with van der Waals surface area (Å²) in [5.74, 6) is 0.381. The van der Waals surface area contributed by atoms with E-state index in [9.17, 15) is 4.79 Å². The number of hydrogen-bond donors (Lipinski definition) is 3. The van der Waals surface area contributed by atoms with E-state index in [-0.39, 0.29) is 11.9 Å². The molecule has 4 aromatic rings. The first-order valence-electron chi connectivity index (χ1n) is 10.9. The topological polar surface area (TPSA) is 109 Å². The van der Waals surface area contributed by atoms with E-state index in [0.29, 0.717) is 29.3 Å². The molecule has 4 aromatic heterocycles. The smallest absolute Gasteiger partial charge is 0.259 e. The van der Waals surface area contributed by atoms with Crippen LogP contribution in [0.5, 0.6) is 0 Å². The fourth-order valence-electron chi connectivity index (χ4n) is 3.89. The molecular weight excluding hydrogens is 416 g/mol. The SMILES string of the molecule is CCNc1ncc2c(n1)CN[C@H](C)C=C2c1ccn2ncc(C(=O)Nc3cccnc3)c2c1. The van der Waals surface area contributed by atoms with Crippen LogP contribution in [-0.4, -0.2) is 43.1 Å². The summed E-state index contributed by atoms with van der Waals surface area (Å²) in [6.07, 6.45) is 10.7. The van der Waals surface area contributed by atoms with Crippen molar-refractivity contribution in [1.29, 1.82) is 0 Å². The molecule has 0 bridgehead atoms. The number of amides is 1. The lowest BCUT2D eigenvalue weighted by Crippen LogP contribution is -2.22. The quantitative estimate of drug-likeness (QED) is 0.437. The number of nitrogens with one attached hydrogen (secondary N) is 3. The van der Waals surface area contributed by atoms with Gasteiger partial charge in [0.15, 0.2) is 0 Å². The van der Waals surface area contributed by atoms with Crippen LogP contribution in [0.15, 0.2) is 61.3 Å². The zero-order valence-corrected chi connectivity index (χ0v) is 18.4. The molecule has 1 amide bonds. The monoisotopic (exact) mass is 440 g/mol. The summed E-state index contributed by atoms with van der Waals surface area (Å²) in [6, 6.07) is 7.70. The molecule has 5 heterocycles. The Hall–Kier alpha value is -4.11. The number of nitrogens with zero attached hydrogens (tertiary/aromatic N) is 5. The van der Waals surface area contributed by atoms with E-state index >= 15 is 0 Å². The van der Waals surface area contributed by atoms with E-state index < -0.39 is 0 Å². The molecule has 9 nitrogen and oxygen atoms in total. The van der Waals surface area contributed by atoms with Crippen molar-refractivity contribution in [3.05, 3.63) is 83.7 Å². The van der Waals surface area contributed by atoms with Gasteiger partial charge in [-0.2, -0.15) is 5.10 Å². The average Bonchev–Trinajstić information content (AvgIpc) is 3.18. The zero-order chi connectivity index (χ0) is 22.8. The number of pyridine rings is 2. The van der Waals surface area contributed by atoms with Gasteiger partial charge in [0.25, 0.3) is 5.91 Å². The molecule has 33 heavy (non-hydrogen) atoms. The molecule has 1 aliphatic heterocycles. The summed E-state index contributed by atoms with van der Waals surface area (Å²) >= 11 is 0. The Balaban J connectivity index is 1.55. The van der Waals surface area contributed by atoms with Gasteiger partial charge in [-0.1, -0.05) is 6.08 Å². The standard InChI is InChI=1S/C24H24N8O/c1-3-26-24-28-12-19-18(9-15(2)27-14-21(19)31-24)16-6-8-32-22(10-16)20(13-29-32)23(33)30-17-5-4-7-25-11-17/h4-13,15,27H,3,14H2,1-2H3,(H,30,33)(H,26,28,31)/t15-/m1/s1. The molecule has 0 radical (unpaired) electrons. The summed E-state index contributed by atoms with van der Waals surface area (Å²) < 4.78 is 1.70. The summed E-state index contributed by atoms with van der Waals surface area (Å²) in [4.78, 5) is 26.2. The van der Waals surface area contributed by atoms with E-state index in [1.54, 1.807) is 35.2 Å². The molecule has 0 saturated carbocycles. The number of anilines is 2. The van der Waals surface area contributed by atoms with Crippen molar-refractivity contribution in [2.24, 2.45) is 0 Å². The lowest BCUT2D eigenvalue weighted by atomic mass is 9.97. The first-order chi connectivity index (χ1) is 16.1. The first-order valence-corrected chi connectivity index (χ1v) is 10.9. The van der Waals surface area contributed by atoms with Crippen LogP contribution in [-0.2, 0) is 6.54 Å². The van der Waals surface area contributed by atoms with Gasteiger partial charge < -0.3 is 16.0 Å². The van der Waals surface area contributed by atoms with Gasteiger partial charge in [-0.3, -0.25) is 9.78 Å². The van der Waals surface area contributed by atoms with Gasteiger partial charge in [-0.25, -0.2) is 14.5 Å². The Labute approximate surface area is 191 Å². The van der Waals surface area contributed by atoms with Crippen LogP contribution in [0.3, 0.4) is 0 Å². The zero-order valence-electron chi connectivity index (χ0n) is 18.4. The Morgan fingerprint density at radius 3 is 3.00 bits per heavy atom. The highest BCUT2D eigenvalue weighted by atomic mass is 16.1. The normalized spacial score (nSPS) is 15.5. The van der Waals surface area contributed by atoms with Crippen LogP contribution < -0.4 is 16.0 Å². The van der Waals surface area contributed by atoms with Crippen LogP contribution in [0.4, 0.5) is 11.6 Å². The second-order valence-electron chi connectivity index (χ2n) is 7.83. The molecule has 0 aromatic carbocycles. The molecule has 0 aliphatic carbocycles. The van der Waals surface area contributed by atoms with Crippen molar-refractivity contribution in [3.63, 3.8) is 0 Å². The maximum atomic E-state index is 12.9. The van der Waals surface area contributed by atoms with Gasteiger partial charge >= 0.3 is 0 Å². The minimum Gasteiger partial charge on any atom is -0.354 e. The number of carbonyl (C=O) groups is 1. The maximum absolute atomic E-state index is 12.9. The number of hydrogen-bond acceptors (Lipinski definition) is 7. The average molecular weight is 441 g/mol. The second kappa shape index (κ2) is 8.79. The molecule has 0 saturated heterocycles. The van der Waals surface area contributed by atoms with Crippen molar-refractivity contribution in [2.75, 3.05) is 17.2 Å². The largest absolute Gasteiger partial charge is 0.354 e. The molecular formula is C24H24N8O. The van der Waals surface area contributed by atoms with Crippen LogP contribution in [0.25, 0.3) is 11.1 Å². The van der Waals surface area contributed by atoms with Gasteiger partial charge in [-0.05, 0) is 49.2 Å². The molecule has 0 spiro atoms. The molecule has 1 aliphatic rings. The van der Waals surface area contributed by atoms with Crippen LogP contribution >= 0.6 is 0 Å². The van der Waals surface area contributed by atoms with Crippen LogP contribution in [0.1, 0.15) is 41.0 Å². The maximum Gasteiger partial charge on any atom is 0.259 e. The first kappa shape index (κ1) is 20.8. The predicted molar refractivity (Wildman–Crippen MR) is 127 cm³/mol. The molecule has 0 unspecified atom stereocenters. The van der Waals surface area contributed by atoms with Crippen molar-refractivity contribution in [3.8, 4) is 0 Å². The third kappa shape index (κ3) is 4.18. The molecule has 5 rings (SSSR count). The van der Waals surface area contributed by atoms with E-state index in [4.69, 9.17) is 4.98 Å². The van der Waals surface area contributed by atoms with Gasteiger partial charge in [0, 0.05) is 43.3 Å². The van der Waals surface area contributed by atoms with Gasteiger partial charge in [0.1, 0.15) is 0 Å². The highest BCUT2D eigenvalue weighted by Gasteiger charge is 2.20. The van der Waals surface area contributed by atoms with Crippen LogP contribution in [0.2, 0.25) is 0 Å². The van der Waals surface area contributed by atoms with E-state index in [1.807, 2.05) is 31.5 Å². The minimum absolute atomic E-state index is 0.145. The summed E-state index contributed by atoms with van der Waals surface area (Å²) in [6.45, 7) is 5.52. The van der Waals surface area contributed by atoms with Crippen LogP contribution in [0, 0.1) is 0 Å². The predicted octanol–water partition coefficient (Wildman–Crippen LogP) is 3.13. The number of carbonyl (C=O) groups excluding carboxylic acids is 1. The number of fused-ring (bicyclic) bond motifs is 2. The molecule has 9 heteroatoms. The minimum atomic E-state index is -0.237. The highest BCUT2D eigenvalue weighted by molar-refractivity contribution is 6.09. The van der Waals surface area contributed by atoms with Crippen molar-refractivity contribution in [2.45, 2.75) is 26.4 Å². The molecule has 1 atom stereocenters. The van der Waals surface area contributed by atoms with E-state index in [1.165, 1.54) is 0 Å². The lowest BCUT2D eigenvalue weighted by molar-refractivity contribution is 0.102. The lowest BCUT2D eigenvalue weighted by Gasteiger charge is -2.12. The number of aromatic nitrogens is 5. The Kier molecular flexibility index (Phi) is 5.54. The highest BCUT2D eigenvalue weighted by Crippen LogP contribution is 2.30. The summed E-state index contributed by atoms with van der Waals surface area (Å²) in [5.41, 5.74) is 5.72. The Bertz CT molecular complexity index is 1350. The fraction of sp³-hybridized carbons (Fsp3) is 0.208. The number of rotatable bonds is 5. The Morgan fingerprint density at radius 1 is 1.27 bits per heavy atom. The molecule has 3 N–H and O–H groups in total. The van der Waals surface area contributed by atoms with Crippen molar-refractivity contribution < 1.29 is 4.79 Å². The summed E-state index contributed by atoms with van der Waals surface area (Å²) in [5, 5.41) is 13.9. The van der Waals surface area contributed by atoms with E-state index in [2.05, 4.69) is 44.0 Å². The third-order valence-electron chi connectivity index (χ3n) is 5.50. The third-order valence-corrected chi connectivity index (χ3v) is 5.50. The Morgan fingerprint density at radius 2 is 2.18 bits per heavy atom. The van der Waals surface area contributed by atoms with Gasteiger partial charge in [0.2, 0.25) is 5.95 Å². The van der Waals surface area contributed by atoms with Crippen molar-refractivity contribution >= 4 is 28.6 Å². The van der Waals surface area contributed by atoms with Crippen molar-refractivity contribution in [1.82, 2.24) is 29.9 Å².